The third kappa shape index (κ3) is 2.82. The van der Waals surface area contributed by atoms with Crippen molar-refractivity contribution >= 4 is 0 Å². The van der Waals surface area contributed by atoms with Crippen LogP contribution in [0.25, 0.3) is 0 Å². The van der Waals surface area contributed by atoms with Crippen LogP contribution in [0.4, 0.5) is 0 Å². The second kappa shape index (κ2) is 6.21. The molecule has 0 saturated carbocycles. The van der Waals surface area contributed by atoms with Crippen LogP contribution in [0.3, 0.4) is 0 Å². The minimum absolute atomic E-state index is 0.111. The summed E-state index contributed by atoms with van der Waals surface area (Å²) in [6.07, 6.45) is -0.168. The van der Waals surface area contributed by atoms with E-state index in [1.165, 1.54) is 0 Å². The van der Waals surface area contributed by atoms with Crippen LogP contribution in [0.5, 0.6) is 11.5 Å². The van der Waals surface area contributed by atoms with Crippen molar-refractivity contribution in [3.63, 3.8) is 0 Å². The molecule has 6 heteroatoms. The van der Waals surface area contributed by atoms with Crippen LogP contribution in [0, 0.1) is 0 Å². The molecule has 3 atom stereocenters. The van der Waals surface area contributed by atoms with Crippen LogP contribution in [0.2, 0.25) is 0 Å². The molecule has 1 aromatic carbocycles. The van der Waals surface area contributed by atoms with E-state index in [1.54, 1.807) is 21.3 Å². The van der Waals surface area contributed by atoms with Crippen LogP contribution in [-0.2, 0) is 4.74 Å². The summed E-state index contributed by atoms with van der Waals surface area (Å²) < 4.78 is 15.8. The lowest BCUT2D eigenvalue weighted by Gasteiger charge is -2.21. The Morgan fingerprint density at radius 1 is 1.11 bits per heavy atom. The third-order valence-corrected chi connectivity index (χ3v) is 3.39. The van der Waals surface area contributed by atoms with Gasteiger partial charge in [0.15, 0.2) is 11.5 Å². The van der Waals surface area contributed by atoms with Crippen molar-refractivity contribution in [3.8, 4) is 11.5 Å². The Morgan fingerprint density at radius 2 is 1.84 bits per heavy atom. The van der Waals surface area contributed by atoms with Crippen molar-refractivity contribution < 1.29 is 14.2 Å². The molecule has 1 aromatic rings. The smallest absolute Gasteiger partial charge is 0.161 e. The van der Waals surface area contributed by atoms with Crippen LogP contribution in [0.15, 0.2) is 18.2 Å². The summed E-state index contributed by atoms with van der Waals surface area (Å²) in [5, 5.41) is 0. The van der Waals surface area contributed by atoms with Gasteiger partial charge in [-0.25, -0.2) is 5.43 Å². The highest BCUT2D eigenvalue weighted by atomic mass is 16.5. The largest absolute Gasteiger partial charge is 0.493 e. The fourth-order valence-corrected chi connectivity index (χ4v) is 2.46. The quantitative estimate of drug-likeness (QED) is 0.707. The number of nitrogens with one attached hydrogen (secondary N) is 2. The molecule has 0 bridgehead atoms. The summed E-state index contributed by atoms with van der Waals surface area (Å²) in [6, 6.07) is 5.98. The van der Waals surface area contributed by atoms with Gasteiger partial charge in [0.2, 0.25) is 0 Å². The van der Waals surface area contributed by atoms with Gasteiger partial charge in [-0.3, -0.25) is 5.43 Å². The lowest BCUT2D eigenvalue weighted by molar-refractivity contribution is 0.165. The molecule has 0 amide bonds. The fraction of sp³-hybridized carbons (Fsp3) is 0.538. The van der Waals surface area contributed by atoms with Gasteiger partial charge in [0.1, 0.15) is 0 Å². The predicted octanol–water partition coefficient (Wildman–Crippen LogP) is 0.195. The van der Waals surface area contributed by atoms with Gasteiger partial charge in [-0.1, -0.05) is 6.07 Å². The second-order valence-corrected chi connectivity index (χ2v) is 4.52. The van der Waals surface area contributed by atoms with E-state index in [-0.39, 0.29) is 18.1 Å². The predicted molar refractivity (Wildman–Crippen MR) is 72.2 cm³/mol. The highest BCUT2D eigenvalue weighted by molar-refractivity contribution is 5.44. The maximum absolute atomic E-state index is 6.09. The molecule has 1 aliphatic rings. The van der Waals surface area contributed by atoms with E-state index in [1.807, 2.05) is 18.2 Å². The van der Waals surface area contributed by atoms with E-state index in [0.717, 1.165) is 5.56 Å². The minimum Gasteiger partial charge on any atom is -0.493 e. The Labute approximate surface area is 113 Å². The Hall–Kier alpha value is -1.34. The van der Waals surface area contributed by atoms with Crippen molar-refractivity contribution in [3.05, 3.63) is 23.8 Å². The third-order valence-electron chi connectivity index (χ3n) is 3.39. The number of hydrogen-bond donors (Lipinski definition) is 3. The van der Waals surface area contributed by atoms with Gasteiger partial charge in [0.05, 0.1) is 33.0 Å². The highest BCUT2D eigenvalue weighted by Crippen LogP contribution is 2.33. The first kappa shape index (κ1) is 14.1. The summed E-state index contributed by atoms with van der Waals surface area (Å²) in [6.45, 7) is 0.583. The van der Waals surface area contributed by atoms with Gasteiger partial charge in [-0.2, -0.15) is 0 Å². The van der Waals surface area contributed by atoms with Gasteiger partial charge in [0.25, 0.3) is 0 Å². The van der Waals surface area contributed by atoms with E-state index in [4.69, 9.17) is 19.9 Å². The maximum atomic E-state index is 6.09. The highest BCUT2D eigenvalue weighted by Gasteiger charge is 2.35. The van der Waals surface area contributed by atoms with Crippen molar-refractivity contribution in [2.24, 2.45) is 5.73 Å². The van der Waals surface area contributed by atoms with E-state index in [2.05, 4.69) is 10.9 Å². The van der Waals surface area contributed by atoms with Crippen LogP contribution in [-0.4, -0.2) is 40.1 Å². The number of hydrogen-bond acceptors (Lipinski definition) is 6. The monoisotopic (exact) mass is 267 g/mol. The average Bonchev–Trinajstić information content (AvgIpc) is 2.79. The molecule has 1 fully saturated rings. The number of hydrazine groups is 1. The molecule has 1 saturated heterocycles. The first-order chi connectivity index (χ1) is 9.21. The van der Waals surface area contributed by atoms with Gasteiger partial charge in [-0.05, 0) is 17.7 Å². The Bertz CT molecular complexity index is 426. The number of methoxy groups -OCH3 is 3. The zero-order chi connectivity index (χ0) is 13.8. The number of nitrogens with two attached hydrogens (primary N) is 1. The zero-order valence-corrected chi connectivity index (χ0v) is 11.5. The van der Waals surface area contributed by atoms with Crippen molar-refractivity contribution in [1.82, 2.24) is 10.9 Å². The topological polar surface area (TPSA) is 77.8 Å². The Morgan fingerprint density at radius 3 is 2.47 bits per heavy atom. The Balaban J connectivity index is 2.28. The van der Waals surface area contributed by atoms with Crippen LogP contribution in [0.1, 0.15) is 11.5 Å². The number of ether oxygens (including phenoxy) is 3. The van der Waals surface area contributed by atoms with Gasteiger partial charge >= 0.3 is 0 Å². The summed E-state index contributed by atoms with van der Waals surface area (Å²) in [7, 11) is 4.92. The van der Waals surface area contributed by atoms with E-state index in [0.29, 0.717) is 18.1 Å². The molecule has 0 aliphatic carbocycles. The van der Waals surface area contributed by atoms with Crippen molar-refractivity contribution in [1.29, 1.82) is 0 Å². The minimum atomic E-state index is -0.168. The van der Waals surface area contributed by atoms with E-state index < -0.39 is 0 Å². The molecule has 1 aliphatic heterocycles. The summed E-state index contributed by atoms with van der Waals surface area (Å²) in [5.41, 5.74) is 13.4. The molecule has 6 nitrogen and oxygen atoms in total. The standard InChI is InChI=1S/C13H21N3O3/c1-17-7-9-12(13(14)16-15-9)8-4-5-10(18-2)11(6-8)19-3/h4-6,9,12-13,15-16H,7,14H2,1-3H3. The van der Waals surface area contributed by atoms with Crippen LogP contribution < -0.4 is 26.1 Å². The molecule has 4 N–H and O–H groups in total. The van der Waals surface area contributed by atoms with Crippen LogP contribution >= 0.6 is 0 Å². The first-order valence-corrected chi connectivity index (χ1v) is 6.18. The molecule has 0 radical (unpaired) electrons. The molecular weight excluding hydrogens is 246 g/mol. The number of benzene rings is 1. The van der Waals surface area contributed by atoms with E-state index in [9.17, 15) is 0 Å². The van der Waals surface area contributed by atoms with Crippen molar-refractivity contribution in [2.75, 3.05) is 27.9 Å². The van der Waals surface area contributed by atoms with Gasteiger partial charge < -0.3 is 19.9 Å². The lowest BCUT2D eigenvalue weighted by atomic mass is 9.91. The first-order valence-electron chi connectivity index (χ1n) is 6.18. The maximum Gasteiger partial charge on any atom is 0.161 e. The normalized spacial score (nSPS) is 26.4. The molecule has 106 valence electrons. The lowest BCUT2D eigenvalue weighted by Crippen LogP contribution is -2.38. The molecule has 1 heterocycles. The molecule has 0 aromatic heterocycles. The molecule has 19 heavy (non-hydrogen) atoms. The number of rotatable bonds is 5. The molecule has 2 rings (SSSR count). The van der Waals surface area contributed by atoms with Gasteiger partial charge in [0, 0.05) is 13.0 Å². The Kier molecular flexibility index (Phi) is 4.60. The van der Waals surface area contributed by atoms with E-state index >= 15 is 0 Å². The molecule has 0 spiro atoms. The second-order valence-electron chi connectivity index (χ2n) is 4.52. The average molecular weight is 267 g/mol. The summed E-state index contributed by atoms with van der Waals surface area (Å²) >= 11 is 0. The van der Waals surface area contributed by atoms with Crippen molar-refractivity contribution in [2.45, 2.75) is 18.1 Å². The summed E-state index contributed by atoms with van der Waals surface area (Å²) in [4.78, 5) is 0. The van der Waals surface area contributed by atoms with Gasteiger partial charge in [-0.15, -0.1) is 0 Å². The molecule has 3 unspecified atom stereocenters. The zero-order valence-electron chi connectivity index (χ0n) is 11.5. The SMILES string of the molecule is COCC1NNC(N)C1c1ccc(OC)c(OC)c1. The summed E-state index contributed by atoms with van der Waals surface area (Å²) in [5.74, 6) is 1.53. The molecular formula is C13H21N3O3. The fourth-order valence-electron chi connectivity index (χ4n) is 2.46.